The average molecular weight is 499 g/mol. The Bertz CT molecular complexity index is 1440. The quantitative estimate of drug-likeness (QED) is 0.409. The Hall–Kier alpha value is -4.46. The lowest BCUT2D eigenvalue weighted by Crippen LogP contribution is -2.63. The number of rotatable bonds is 7. The lowest BCUT2D eigenvalue weighted by atomic mass is 9.94. The molecule has 0 spiro atoms. The molecule has 1 atom stereocenters. The molecule has 7 nitrogen and oxygen atoms in total. The van der Waals surface area contributed by atoms with Crippen LogP contribution in [0.5, 0.6) is 5.75 Å². The number of para-hydroxylation sites is 1. The van der Waals surface area contributed by atoms with Crippen molar-refractivity contribution < 1.29 is 18.7 Å². The summed E-state index contributed by atoms with van der Waals surface area (Å²) in [4.78, 5) is 29.1. The van der Waals surface area contributed by atoms with Crippen molar-refractivity contribution >= 4 is 11.8 Å². The van der Waals surface area contributed by atoms with Gasteiger partial charge in [0.1, 0.15) is 22.8 Å². The molecular weight excluding hydrogens is 471 g/mol. The fourth-order valence-electron chi connectivity index (χ4n) is 4.63. The van der Waals surface area contributed by atoms with E-state index in [9.17, 15) is 14.0 Å². The van der Waals surface area contributed by atoms with E-state index >= 15 is 0 Å². The number of carbonyl (C=O) groups excluding carboxylic acids is 2. The molecule has 8 heteroatoms. The van der Waals surface area contributed by atoms with E-state index in [1.54, 1.807) is 41.8 Å². The molecule has 0 radical (unpaired) electrons. The molecule has 2 amide bonds. The maximum absolute atomic E-state index is 13.8. The Morgan fingerprint density at radius 1 is 1.05 bits per heavy atom. The number of amides is 2. The highest BCUT2D eigenvalue weighted by Crippen LogP contribution is 2.31. The van der Waals surface area contributed by atoms with Crippen molar-refractivity contribution in [2.45, 2.75) is 32.1 Å². The summed E-state index contributed by atoms with van der Waals surface area (Å²) in [6.07, 6.45) is 0. The third-order valence-electron chi connectivity index (χ3n) is 6.74. The Labute approximate surface area is 214 Å². The van der Waals surface area contributed by atoms with Crippen LogP contribution in [0.3, 0.4) is 0 Å². The van der Waals surface area contributed by atoms with Crippen LogP contribution in [0.2, 0.25) is 0 Å². The van der Waals surface area contributed by atoms with Gasteiger partial charge in [0.2, 0.25) is 5.91 Å². The summed E-state index contributed by atoms with van der Waals surface area (Å²) in [5.74, 6) is -0.342. The molecule has 0 aliphatic carbocycles. The first-order valence-corrected chi connectivity index (χ1v) is 12.0. The normalized spacial score (nSPS) is 16.8. The van der Waals surface area contributed by atoms with Gasteiger partial charge in [-0.3, -0.25) is 14.3 Å². The Morgan fingerprint density at radius 3 is 2.49 bits per heavy atom. The van der Waals surface area contributed by atoms with Gasteiger partial charge >= 0.3 is 0 Å². The molecule has 0 fully saturated rings. The molecule has 37 heavy (non-hydrogen) atoms. The summed E-state index contributed by atoms with van der Waals surface area (Å²) in [6, 6.07) is 24.7. The molecule has 0 saturated heterocycles. The van der Waals surface area contributed by atoms with E-state index in [2.05, 4.69) is 10.4 Å². The largest absolute Gasteiger partial charge is 0.496 e. The monoisotopic (exact) mass is 498 g/mol. The Morgan fingerprint density at radius 2 is 1.76 bits per heavy atom. The molecule has 4 aromatic rings. The van der Waals surface area contributed by atoms with Crippen molar-refractivity contribution in [3.05, 3.63) is 108 Å². The van der Waals surface area contributed by atoms with Gasteiger partial charge in [-0.1, -0.05) is 60.7 Å². The van der Waals surface area contributed by atoms with E-state index in [1.165, 1.54) is 12.1 Å². The van der Waals surface area contributed by atoms with Crippen LogP contribution in [0.25, 0.3) is 11.3 Å². The van der Waals surface area contributed by atoms with Crippen molar-refractivity contribution in [1.29, 1.82) is 0 Å². The van der Waals surface area contributed by atoms with E-state index in [-0.39, 0.29) is 37.3 Å². The zero-order valence-corrected chi connectivity index (χ0v) is 20.6. The summed E-state index contributed by atoms with van der Waals surface area (Å²) >= 11 is 0. The van der Waals surface area contributed by atoms with E-state index in [0.29, 0.717) is 17.1 Å². The number of methoxy groups -OCH3 is 1. The summed E-state index contributed by atoms with van der Waals surface area (Å²) in [7, 11) is 1.58. The van der Waals surface area contributed by atoms with Crippen LogP contribution in [0, 0.1) is 5.82 Å². The molecule has 188 valence electrons. The van der Waals surface area contributed by atoms with Gasteiger partial charge in [0.05, 0.1) is 19.3 Å². The second kappa shape index (κ2) is 9.89. The standard InChI is InChI=1S/C29H27FN4O3/c1-29(28(36)31-17-22-10-6-7-11-26(22)37-2)19-34-25(16-24(32-34)21-8-4-3-5-9-21)27(35)33(29)18-20-12-14-23(30)15-13-20/h3-16H,17-19H2,1-2H3,(H,31,36). The van der Waals surface area contributed by atoms with Gasteiger partial charge in [0.15, 0.2) is 0 Å². The van der Waals surface area contributed by atoms with Gasteiger partial charge in [-0.25, -0.2) is 4.39 Å². The third-order valence-corrected chi connectivity index (χ3v) is 6.74. The maximum atomic E-state index is 13.8. The number of hydrogen-bond acceptors (Lipinski definition) is 4. The summed E-state index contributed by atoms with van der Waals surface area (Å²) in [6.45, 7) is 2.28. The van der Waals surface area contributed by atoms with Crippen LogP contribution in [-0.2, 0) is 24.4 Å². The number of hydrogen-bond donors (Lipinski definition) is 1. The van der Waals surface area contributed by atoms with Gasteiger partial charge in [-0.2, -0.15) is 5.10 Å². The van der Waals surface area contributed by atoms with Gasteiger partial charge in [-0.15, -0.1) is 0 Å². The highest BCUT2D eigenvalue weighted by atomic mass is 19.1. The fraction of sp³-hybridized carbons (Fsp3) is 0.207. The summed E-state index contributed by atoms with van der Waals surface area (Å²) < 4.78 is 20.6. The van der Waals surface area contributed by atoms with E-state index in [0.717, 1.165) is 16.7 Å². The number of aromatic nitrogens is 2. The second-order valence-corrected chi connectivity index (χ2v) is 9.22. The summed E-state index contributed by atoms with van der Waals surface area (Å²) in [5.41, 5.74) is 2.22. The molecule has 1 N–H and O–H groups in total. The first-order valence-electron chi connectivity index (χ1n) is 12.0. The van der Waals surface area contributed by atoms with Crippen LogP contribution >= 0.6 is 0 Å². The van der Waals surface area contributed by atoms with E-state index in [4.69, 9.17) is 4.74 Å². The first kappa shape index (κ1) is 24.2. The SMILES string of the molecule is COc1ccccc1CNC(=O)C1(C)Cn2nc(-c3ccccc3)cc2C(=O)N1Cc1ccc(F)cc1. The molecule has 1 aliphatic rings. The molecule has 1 aliphatic heterocycles. The molecule has 1 unspecified atom stereocenters. The molecule has 2 heterocycles. The van der Waals surface area contributed by atoms with Crippen molar-refractivity contribution in [2.75, 3.05) is 7.11 Å². The molecule has 5 rings (SSSR count). The number of fused-ring (bicyclic) bond motifs is 1. The van der Waals surface area contributed by atoms with Gasteiger partial charge in [-0.05, 0) is 36.8 Å². The molecular formula is C29H27FN4O3. The number of nitrogens with zero attached hydrogens (tertiary/aromatic N) is 3. The lowest BCUT2D eigenvalue weighted by Gasteiger charge is -2.43. The molecule has 0 saturated carbocycles. The zero-order valence-electron chi connectivity index (χ0n) is 20.6. The Kier molecular flexibility index (Phi) is 6.48. The molecule has 3 aromatic carbocycles. The van der Waals surface area contributed by atoms with Gasteiger partial charge in [0.25, 0.3) is 5.91 Å². The minimum atomic E-state index is -1.25. The zero-order chi connectivity index (χ0) is 26.0. The minimum Gasteiger partial charge on any atom is -0.496 e. The maximum Gasteiger partial charge on any atom is 0.273 e. The van der Waals surface area contributed by atoms with Crippen LogP contribution in [0.4, 0.5) is 4.39 Å². The highest BCUT2D eigenvalue weighted by molar-refractivity contribution is 6.00. The van der Waals surface area contributed by atoms with Crippen LogP contribution < -0.4 is 10.1 Å². The van der Waals surface area contributed by atoms with Crippen molar-refractivity contribution in [2.24, 2.45) is 0 Å². The van der Waals surface area contributed by atoms with Crippen LogP contribution in [-0.4, -0.2) is 39.1 Å². The Balaban J connectivity index is 1.49. The second-order valence-electron chi connectivity index (χ2n) is 9.22. The molecule has 1 aromatic heterocycles. The molecule has 0 bridgehead atoms. The number of ether oxygens (including phenoxy) is 1. The number of benzene rings is 3. The minimum absolute atomic E-state index is 0.142. The number of halogens is 1. The topological polar surface area (TPSA) is 76.5 Å². The van der Waals surface area contributed by atoms with Crippen LogP contribution in [0.15, 0.2) is 84.9 Å². The van der Waals surface area contributed by atoms with Gasteiger partial charge < -0.3 is 15.0 Å². The van der Waals surface area contributed by atoms with E-state index < -0.39 is 5.54 Å². The third kappa shape index (κ3) is 4.70. The van der Waals surface area contributed by atoms with Crippen molar-refractivity contribution in [3.63, 3.8) is 0 Å². The first-order chi connectivity index (χ1) is 17.9. The average Bonchev–Trinajstić information content (AvgIpc) is 3.35. The predicted octanol–water partition coefficient (Wildman–Crippen LogP) is 4.43. The van der Waals surface area contributed by atoms with Crippen molar-refractivity contribution in [1.82, 2.24) is 20.0 Å². The lowest BCUT2D eigenvalue weighted by molar-refractivity contribution is -0.133. The van der Waals surface area contributed by atoms with Crippen molar-refractivity contribution in [3.8, 4) is 17.0 Å². The van der Waals surface area contributed by atoms with Gasteiger partial charge in [0, 0.05) is 24.2 Å². The number of carbonyl (C=O) groups is 2. The van der Waals surface area contributed by atoms with E-state index in [1.807, 2.05) is 54.6 Å². The smallest absolute Gasteiger partial charge is 0.273 e. The predicted molar refractivity (Wildman–Crippen MR) is 137 cm³/mol. The van der Waals surface area contributed by atoms with Crippen LogP contribution in [0.1, 0.15) is 28.5 Å². The number of nitrogens with one attached hydrogen (secondary N) is 1. The highest BCUT2D eigenvalue weighted by Gasteiger charge is 2.48. The fourth-order valence-corrected chi connectivity index (χ4v) is 4.63. The summed E-state index contributed by atoms with van der Waals surface area (Å²) in [5, 5.41) is 7.65.